The van der Waals surface area contributed by atoms with E-state index in [4.69, 9.17) is 14.8 Å². The Kier molecular flexibility index (Phi) is 4.55. The number of carbonyl (C=O) groups is 1. The molecule has 1 atom stereocenters. The van der Waals surface area contributed by atoms with Crippen LogP contribution in [0, 0.1) is 6.92 Å². The number of hydrogen-bond acceptors (Lipinski definition) is 5. The van der Waals surface area contributed by atoms with Crippen molar-refractivity contribution in [2.75, 3.05) is 5.32 Å². The standard InChI is InChI=1S/C23H22N4O2S/c1-13(2)29-18-10-6-4-8-15(18)16-12-20(28)25-22-21(16)14(3)26-27(22)23-24-17-9-5-7-11-19(17)30-23/h4-11,13,16H,12H2,1-3H3,(H,25,28). The smallest absolute Gasteiger partial charge is 0.226 e. The van der Waals surface area contributed by atoms with Crippen molar-refractivity contribution >= 4 is 33.3 Å². The summed E-state index contributed by atoms with van der Waals surface area (Å²) in [7, 11) is 0. The molecule has 0 fully saturated rings. The van der Waals surface area contributed by atoms with Crippen molar-refractivity contribution < 1.29 is 9.53 Å². The maximum atomic E-state index is 12.7. The molecule has 0 radical (unpaired) electrons. The van der Waals surface area contributed by atoms with Crippen molar-refractivity contribution in [3.8, 4) is 10.9 Å². The van der Waals surface area contributed by atoms with Crippen molar-refractivity contribution in [2.24, 2.45) is 0 Å². The Hall–Kier alpha value is -3.19. The van der Waals surface area contributed by atoms with Crippen molar-refractivity contribution in [3.63, 3.8) is 0 Å². The Labute approximate surface area is 178 Å². The lowest BCUT2D eigenvalue weighted by atomic mass is 9.85. The largest absolute Gasteiger partial charge is 0.491 e. The molecule has 7 heteroatoms. The van der Waals surface area contributed by atoms with E-state index in [9.17, 15) is 4.79 Å². The fraction of sp³-hybridized carbons (Fsp3) is 0.261. The number of aromatic nitrogens is 3. The lowest BCUT2D eigenvalue weighted by molar-refractivity contribution is -0.116. The molecule has 2 aromatic heterocycles. The number of ether oxygens (including phenoxy) is 1. The van der Waals surface area contributed by atoms with Crippen LogP contribution in [0.25, 0.3) is 15.3 Å². The highest BCUT2D eigenvalue weighted by Gasteiger charge is 2.34. The van der Waals surface area contributed by atoms with Gasteiger partial charge in [-0.2, -0.15) is 9.78 Å². The third-order valence-corrected chi connectivity index (χ3v) is 6.24. The van der Waals surface area contributed by atoms with E-state index in [2.05, 4.69) is 5.32 Å². The summed E-state index contributed by atoms with van der Waals surface area (Å²) in [5.41, 5.74) is 3.84. The number of hydrogen-bond donors (Lipinski definition) is 1. The molecule has 4 aromatic rings. The summed E-state index contributed by atoms with van der Waals surface area (Å²) in [4.78, 5) is 17.4. The first kappa shape index (κ1) is 18.8. The molecule has 3 heterocycles. The topological polar surface area (TPSA) is 69.0 Å². The molecule has 0 saturated heterocycles. The van der Waals surface area contributed by atoms with Gasteiger partial charge >= 0.3 is 0 Å². The van der Waals surface area contributed by atoms with Crippen LogP contribution < -0.4 is 10.1 Å². The van der Waals surface area contributed by atoms with Crippen LogP contribution in [0.3, 0.4) is 0 Å². The van der Waals surface area contributed by atoms with Crippen molar-refractivity contribution in [2.45, 2.75) is 39.2 Å². The van der Waals surface area contributed by atoms with Gasteiger partial charge in [-0.1, -0.05) is 41.7 Å². The predicted molar refractivity (Wildman–Crippen MR) is 119 cm³/mol. The average molecular weight is 419 g/mol. The normalized spacial score (nSPS) is 16.0. The van der Waals surface area contributed by atoms with Gasteiger partial charge < -0.3 is 10.1 Å². The van der Waals surface area contributed by atoms with Crippen LogP contribution in [-0.2, 0) is 4.79 Å². The highest BCUT2D eigenvalue weighted by Crippen LogP contribution is 2.43. The molecule has 0 spiro atoms. The van der Waals surface area contributed by atoms with E-state index >= 15 is 0 Å². The number of aryl methyl sites for hydroxylation is 1. The summed E-state index contributed by atoms with van der Waals surface area (Å²) >= 11 is 1.56. The number of thiazole rings is 1. The van der Waals surface area contributed by atoms with Crippen molar-refractivity contribution in [1.29, 1.82) is 0 Å². The minimum Gasteiger partial charge on any atom is -0.491 e. The van der Waals surface area contributed by atoms with Crippen LogP contribution in [-0.4, -0.2) is 26.8 Å². The molecule has 1 amide bonds. The summed E-state index contributed by atoms with van der Waals surface area (Å²) in [5.74, 6) is 1.36. The highest BCUT2D eigenvalue weighted by molar-refractivity contribution is 7.20. The summed E-state index contributed by atoms with van der Waals surface area (Å²) in [6.07, 6.45) is 0.410. The summed E-state index contributed by atoms with van der Waals surface area (Å²) in [5, 5.41) is 8.55. The number of rotatable bonds is 4. The zero-order valence-electron chi connectivity index (χ0n) is 17.0. The second-order valence-corrected chi connectivity index (χ2v) is 8.74. The fourth-order valence-corrected chi connectivity index (χ4v) is 4.96. The Morgan fingerprint density at radius 1 is 1.17 bits per heavy atom. The number of nitrogens with one attached hydrogen (secondary N) is 1. The van der Waals surface area contributed by atoms with Gasteiger partial charge in [0, 0.05) is 23.5 Å². The van der Waals surface area contributed by atoms with Crippen LogP contribution >= 0.6 is 11.3 Å². The fourth-order valence-electron chi connectivity index (χ4n) is 4.03. The van der Waals surface area contributed by atoms with Crippen molar-refractivity contribution in [1.82, 2.24) is 14.8 Å². The first-order chi connectivity index (χ1) is 14.5. The summed E-state index contributed by atoms with van der Waals surface area (Å²) < 4.78 is 8.91. The van der Waals surface area contributed by atoms with E-state index in [-0.39, 0.29) is 17.9 Å². The maximum Gasteiger partial charge on any atom is 0.226 e. The van der Waals surface area contributed by atoms with E-state index in [0.29, 0.717) is 12.2 Å². The van der Waals surface area contributed by atoms with Crippen LogP contribution in [0.2, 0.25) is 0 Å². The minimum atomic E-state index is -0.119. The molecule has 1 unspecified atom stereocenters. The molecular formula is C23H22N4O2S. The molecule has 5 rings (SSSR count). The monoisotopic (exact) mass is 418 g/mol. The first-order valence-electron chi connectivity index (χ1n) is 10.0. The number of benzene rings is 2. The van der Waals surface area contributed by atoms with Gasteiger partial charge in [0.05, 0.1) is 22.0 Å². The molecule has 6 nitrogen and oxygen atoms in total. The van der Waals surface area contributed by atoms with E-state index in [1.807, 2.05) is 69.3 Å². The van der Waals surface area contributed by atoms with E-state index in [1.54, 1.807) is 16.0 Å². The summed E-state index contributed by atoms with van der Waals surface area (Å²) in [6.45, 7) is 6.00. The summed E-state index contributed by atoms with van der Waals surface area (Å²) in [6, 6.07) is 16.0. The quantitative estimate of drug-likeness (QED) is 0.503. The lowest BCUT2D eigenvalue weighted by Gasteiger charge is -2.26. The van der Waals surface area contributed by atoms with Gasteiger partial charge in [0.1, 0.15) is 11.6 Å². The predicted octanol–water partition coefficient (Wildman–Crippen LogP) is 5.05. The molecule has 1 aliphatic rings. The van der Waals surface area contributed by atoms with Gasteiger partial charge in [0.25, 0.3) is 0 Å². The number of fused-ring (bicyclic) bond motifs is 2. The molecule has 1 aliphatic heterocycles. The maximum absolute atomic E-state index is 12.7. The van der Waals surface area contributed by atoms with Crippen molar-refractivity contribution in [3.05, 3.63) is 65.4 Å². The van der Waals surface area contributed by atoms with Gasteiger partial charge in [-0.25, -0.2) is 4.98 Å². The first-order valence-corrected chi connectivity index (χ1v) is 10.8. The third kappa shape index (κ3) is 3.15. The highest BCUT2D eigenvalue weighted by atomic mass is 32.1. The van der Waals surface area contributed by atoms with Crippen LogP contribution in [0.5, 0.6) is 5.75 Å². The Balaban J connectivity index is 1.66. The third-order valence-electron chi connectivity index (χ3n) is 5.22. The molecule has 0 aliphatic carbocycles. The number of nitrogens with zero attached hydrogens (tertiary/aromatic N) is 3. The molecule has 30 heavy (non-hydrogen) atoms. The van der Waals surface area contributed by atoms with E-state index < -0.39 is 0 Å². The zero-order chi connectivity index (χ0) is 20.8. The zero-order valence-corrected chi connectivity index (χ0v) is 17.9. The molecular weight excluding hydrogens is 396 g/mol. The SMILES string of the molecule is Cc1nn(-c2nc3ccccc3s2)c2c1C(c1ccccc1OC(C)C)CC(=O)N2. The Morgan fingerprint density at radius 3 is 2.73 bits per heavy atom. The number of carbonyl (C=O) groups excluding carboxylic acids is 1. The van der Waals surface area contributed by atoms with Gasteiger partial charge in [0.15, 0.2) is 0 Å². The second-order valence-electron chi connectivity index (χ2n) is 7.73. The van der Waals surface area contributed by atoms with Gasteiger partial charge in [-0.05, 0) is 39.0 Å². The van der Waals surface area contributed by atoms with Crippen LogP contribution in [0.1, 0.15) is 43.0 Å². The van der Waals surface area contributed by atoms with Gasteiger partial charge in [0.2, 0.25) is 11.0 Å². The minimum absolute atomic E-state index is 0.0332. The average Bonchev–Trinajstić information content (AvgIpc) is 3.28. The Bertz CT molecular complexity index is 1220. The molecule has 1 N–H and O–H groups in total. The van der Waals surface area contributed by atoms with E-state index in [1.165, 1.54) is 0 Å². The van der Waals surface area contributed by atoms with Crippen LogP contribution in [0.4, 0.5) is 5.82 Å². The molecule has 152 valence electrons. The number of amides is 1. The number of para-hydroxylation sites is 2. The van der Waals surface area contributed by atoms with Gasteiger partial charge in [-0.15, -0.1) is 0 Å². The molecule has 2 aromatic carbocycles. The Morgan fingerprint density at radius 2 is 1.93 bits per heavy atom. The van der Waals surface area contributed by atoms with Gasteiger partial charge in [-0.3, -0.25) is 4.79 Å². The molecule has 0 bridgehead atoms. The lowest BCUT2D eigenvalue weighted by Crippen LogP contribution is -2.25. The number of anilines is 1. The molecule has 0 saturated carbocycles. The van der Waals surface area contributed by atoms with Crippen LogP contribution in [0.15, 0.2) is 48.5 Å². The second kappa shape index (κ2) is 7.25. The van der Waals surface area contributed by atoms with E-state index in [0.717, 1.165) is 37.9 Å².